The number of alkyl halides is 3. The number of benzene rings is 2. The van der Waals surface area contributed by atoms with E-state index in [4.69, 9.17) is 0 Å². The van der Waals surface area contributed by atoms with Gasteiger partial charge in [-0.25, -0.2) is 4.39 Å². The van der Waals surface area contributed by atoms with Gasteiger partial charge in [0.2, 0.25) is 0 Å². The molecule has 3 rings (SSSR count). The molecule has 2 aromatic rings. The summed E-state index contributed by atoms with van der Waals surface area (Å²) in [6.45, 7) is 2.20. The molecule has 0 bridgehead atoms. The van der Waals surface area contributed by atoms with Crippen LogP contribution in [0.5, 0.6) is 0 Å². The van der Waals surface area contributed by atoms with E-state index < -0.39 is 17.3 Å². The van der Waals surface area contributed by atoms with E-state index in [0.29, 0.717) is 31.5 Å². The number of likely N-dealkylation sites (tertiary alicyclic amines) is 1. The number of unbranched alkanes of at least 4 members (excludes halogenated alkanes) is 1. The lowest BCUT2D eigenvalue weighted by atomic mass is 9.83. The van der Waals surface area contributed by atoms with Gasteiger partial charge in [0.25, 0.3) is 0 Å². The first-order valence-electron chi connectivity index (χ1n) is 9.63. The third-order valence-corrected chi connectivity index (χ3v) is 5.51. The van der Waals surface area contributed by atoms with Crippen LogP contribution in [0.25, 0.3) is 0 Å². The predicted molar refractivity (Wildman–Crippen MR) is 100 cm³/mol. The summed E-state index contributed by atoms with van der Waals surface area (Å²) in [4.78, 5) is 2.24. The average Bonchev–Trinajstić information content (AvgIpc) is 2.68. The Morgan fingerprint density at radius 1 is 0.964 bits per heavy atom. The summed E-state index contributed by atoms with van der Waals surface area (Å²) in [6, 6.07) is 11.6. The molecule has 0 spiro atoms. The van der Waals surface area contributed by atoms with E-state index >= 15 is 0 Å². The van der Waals surface area contributed by atoms with Crippen LogP contribution in [0.1, 0.15) is 42.4 Å². The average molecular weight is 395 g/mol. The number of rotatable bonds is 6. The summed E-state index contributed by atoms with van der Waals surface area (Å²) < 4.78 is 51.7. The molecule has 2 nitrogen and oxygen atoms in total. The Morgan fingerprint density at radius 2 is 1.64 bits per heavy atom. The van der Waals surface area contributed by atoms with Crippen molar-refractivity contribution in [3.63, 3.8) is 0 Å². The molecule has 1 N–H and O–H groups in total. The van der Waals surface area contributed by atoms with Crippen LogP contribution in [0.3, 0.4) is 0 Å². The molecule has 1 fully saturated rings. The minimum Gasteiger partial charge on any atom is -0.385 e. The van der Waals surface area contributed by atoms with Crippen molar-refractivity contribution < 1.29 is 22.7 Å². The van der Waals surface area contributed by atoms with Gasteiger partial charge in [0, 0.05) is 13.1 Å². The van der Waals surface area contributed by atoms with E-state index in [1.54, 1.807) is 18.2 Å². The first-order chi connectivity index (χ1) is 13.3. The summed E-state index contributed by atoms with van der Waals surface area (Å²) in [5.74, 6) is -0.231. The van der Waals surface area contributed by atoms with Gasteiger partial charge in [0.05, 0.1) is 11.2 Å². The number of hydrogen-bond donors (Lipinski definition) is 1. The van der Waals surface area contributed by atoms with Crippen LogP contribution in [-0.4, -0.2) is 29.6 Å². The molecule has 1 aliphatic heterocycles. The van der Waals surface area contributed by atoms with Crippen LogP contribution in [0.2, 0.25) is 0 Å². The number of aryl methyl sites for hydroxylation is 1. The molecule has 1 aliphatic rings. The highest BCUT2D eigenvalue weighted by Crippen LogP contribution is 2.36. The van der Waals surface area contributed by atoms with E-state index in [-0.39, 0.29) is 5.82 Å². The van der Waals surface area contributed by atoms with Crippen molar-refractivity contribution in [2.75, 3.05) is 19.6 Å². The summed E-state index contributed by atoms with van der Waals surface area (Å²) in [5, 5.41) is 10.9. The van der Waals surface area contributed by atoms with Gasteiger partial charge in [0.1, 0.15) is 5.82 Å². The van der Waals surface area contributed by atoms with Crippen LogP contribution in [0.15, 0.2) is 48.5 Å². The molecular formula is C22H25F4NO. The molecule has 1 saturated heterocycles. The molecule has 0 radical (unpaired) electrons. The van der Waals surface area contributed by atoms with Crippen LogP contribution >= 0.6 is 0 Å². The molecule has 1 heterocycles. The van der Waals surface area contributed by atoms with Gasteiger partial charge < -0.3 is 10.0 Å². The van der Waals surface area contributed by atoms with Crippen molar-refractivity contribution >= 4 is 0 Å². The molecule has 0 amide bonds. The highest BCUT2D eigenvalue weighted by molar-refractivity contribution is 5.30. The SMILES string of the molecule is OC1(c2cccc(C(F)(F)F)c2)CCN(CCCCc2ccc(F)cc2)CC1. The summed E-state index contributed by atoms with van der Waals surface area (Å²) >= 11 is 0. The molecule has 2 aromatic carbocycles. The van der Waals surface area contributed by atoms with Crippen molar-refractivity contribution in [2.45, 2.75) is 43.9 Å². The minimum atomic E-state index is -4.41. The van der Waals surface area contributed by atoms with Crippen LogP contribution in [-0.2, 0) is 18.2 Å². The molecule has 6 heteroatoms. The van der Waals surface area contributed by atoms with E-state index in [1.807, 2.05) is 0 Å². The third kappa shape index (κ3) is 5.32. The van der Waals surface area contributed by atoms with E-state index in [1.165, 1.54) is 18.2 Å². The topological polar surface area (TPSA) is 23.5 Å². The maximum Gasteiger partial charge on any atom is 0.416 e. The minimum absolute atomic E-state index is 0.231. The number of hydrogen-bond acceptors (Lipinski definition) is 2. The zero-order chi connectivity index (χ0) is 20.2. The Morgan fingerprint density at radius 3 is 2.29 bits per heavy atom. The van der Waals surface area contributed by atoms with Gasteiger partial charge in [-0.2, -0.15) is 13.2 Å². The molecule has 0 atom stereocenters. The van der Waals surface area contributed by atoms with Crippen molar-refractivity contribution in [3.05, 3.63) is 71.0 Å². The second kappa shape index (κ2) is 8.62. The number of piperidine rings is 1. The van der Waals surface area contributed by atoms with Gasteiger partial charge in [-0.3, -0.25) is 0 Å². The largest absolute Gasteiger partial charge is 0.416 e. The predicted octanol–water partition coefficient (Wildman–Crippen LogP) is 5.15. The lowest BCUT2D eigenvalue weighted by Crippen LogP contribution is -2.43. The van der Waals surface area contributed by atoms with Gasteiger partial charge in [-0.15, -0.1) is 0 Å². The Bertz CT molecular complexity index is 765. The first kappa shape index (κ1) is 20.8. The molecule has 0 saturated carbocycles. The van der Waals surface area contributed by atoms with Gasteiger partial charge in [0.15, 0.2) is 0 Å². The number of nitrogens with zero attached hydrogens (tertiary/aromatic N) is 1. The lowest BCUT2D eigenvalue weighted by Gasteiger charge is -2.38. The van der Waals surface area contributed by atoms with Gasteiger partial charge in [-0.05, 0) is 74.0 Å². The Balaban J connectivity index is 1.46. The van der Waals surface area contributed by atoms with Crippen molar-refractivity contribution in [2.24, 2.45) is 0 Å². The quantitative estimate of drug-likeness (QED) is 0.540. The summed E-state index contributed by atoms with van der Waals surface area (Å²) in [7, 11) is 0. The zero-order valence-electron chi connectivity index (χ0n) is 15.7. The monoisotopic (exact) mass is 395 g/mol. The Kier molecular flexibility index (Phi) is 6.40. The van der Waals surface area contributed by atoms with Gasteiger partial charge >= 0.3 is 6.18 Å². The normalized spacial score (nSPS) is 17.6. The maximum absolute atomic E-state index is 12.9. The number of aliphatic hydroxyl groups is 1. The van der Waals surface area contributed by atoms with Gasteiger partial charge in [-0.1, -0.05) is 24.3 Å². The van der Waals surface area contributed by atoms with E-state index in [0.717, 1.165) is 43.5 Å². The van der Waals surface area contributed by atoms with Crippen molar-refractivity contribution in [1.82, 2.24) is 4.90 Å². The highest BCUT2D eigenvalue weighted by atomic mass is 19.4. The standard InChI is InChI=1S/C22H25F4NO/c23-20-9-7-17(8-10-20)4-1-2-13-27-14-11-21(28,12-15-27)18-5-3-6-19(16-18)22(24,25)26/h3,5-10,16,28H,1-2,4,11-15H2. The molecular weight excluding hydrogens is 370 g/mol. The second-order valence-corrected chi connectivity index (χ2v) is 7.54. The molecule has 0 aromatic heterocycles. The fourth-order valence-electron chi connectivity index (χ4n) is 3.74. The van der Waals surface area contributed by atoms with Crippen molar-refractivity contribution in [1.29, 1.82) is 0 Å². The van der Waals surface area contributed by atoms with Crippen LogP contribution in [0, 0.1) is 5.82 Å². The fraction of sp³-hybridized carbons (Fsp3) is 0.455. The van der Waals surface area contributed by atoms with Crippen molar-refractivity contribution in [3.8, 4) is 0 Å². The Hall–Kier alpha value is -1.92. The molecule has 0 unspecified atom stereocenters. The highest BCUT2D eigenvalue weighted by Gasteiger charge is 2.36. The molecule has 152 valence electrons. The van der Waals surface area contributed by atoms with Crippen LogP contribution < -0.4 is 0 Å². The van der Waals surface area contributed by atoms with E-state index in [2.05, 4.69) is 4.90 Å². The van der Waals surface area contributed by atoms with E-state index in [9.17, 15) is 22.7 Å². The second-order valence-electron chi connectivity index (χ2n) is 7.54. The summed E-state index contributed by atoms with van der Waals surface area (Å²) in [5.41, 5.74) is -0.467. The Labute approximate surface area is 162 Å². The molecule has 28 heavy (non-hydrogen) atoms. The molecule has 0 aliphatic carbocycles. The maximum atomic E-state index is 12.9. The summed E-state index contributed by atoms with van der Waals surface area (Å²) in [6.07, 6.45) is -0.697. The zero-order valence-corrected chi connectivity index (χ0v) is 15.7. The fourth-order valence-corrected chi connectivity index (χ4v) is 3.74. The third-order valence-electron chi connectivity index (χ3n) is 5.51. The first-order valence-corrected chi connectivity index (χ1v) is 9.63. The number of halogens is 4. The lowest BCUT2D eigenvalue weighted by molar-refractivity contribution is -0.137. The van der Waals surface area contributed by atoms with Crippen LogP contribution in [0.4, 0.5) is 17.6 Å². The smallest absolute Gasteiger partial charge is 0.385 e.